The number of phenols is 2. The Morgan fingerprint density at radius 2 is 1.78 bits per heavy atom. The number of nitrogen functional groups attached to an aromatic ring is 1. The minimum atomic E-state index is -0.665. The average molecular weight is 935 g/mol. The number of likely N-dealkylation sites (N-methyl/N-ethyl adjacent to an activating group) is 2. The molecule has 5 aromatic rings. The normalized spacial score (nSPS) is 20.6. The highest BCUT2D eigenvalue weighted by Gasteiger charge is 2.52. The van der Waals surface area contributed by atoms with Gasteiger partial charge >= 0.3 is 5.97 Å². The van der Waals surface area contributed by atoms with Crippen molar-refractivity contribution in [1.82, 2.24) is 20.9 Å². The number of ether oxygens (including phenoxy) is 4. The fraction of sp³-hybridized carbons (Fsp3) is 0.429. The number of fused-ring (bicyclic) bond motifs is 7. The highest BCUT2D eigenvalue weighted by atomic mass is 16.5. The lowest BCUT2D eigenvalue weighted by atomic mass is 9.64. The van der Waals surface area contributed by atoms with Gasteiger partial charge in [-0.05, 0) is 136 Å². The van der Waals surface area contributed by atoms with Crippen molar-refractivity contribution in [2.75, 3.05) is 65.5 Å². The zero-order valence-corrected chi connectivity index (χ0v) is 40.7. The Kier molecular flexibility index (Phi) is 14.0. The average Bonchev–Trinajstić information content (AvgIpc) is 3.92. The summed E-state index contributed by atoms with van der Waals surface area (Å²) < 4.78 is 26.2. The number of nitrogens with zero attached hydrogens (tertiary/aromatic N) is 1. The monoisotopic (exact) mass is 934 g/mol. The van der Waals surface area contributed by atoms with E-state index in [4.69, 9.17) is 29.7 Å². The summed E-state index contributed by atoms with van der Waals surface area (Å²) in [5.41, 5.74) is 17.5. The van der Waals surface area contributed by atoms with Crippen molar-refractivity contribution in [3.8, 4) is 51.7 Å². The zero-order valence-electron chi connectivity index (χ0n) is 40.7. The number of esters is 1. The van der Waals surface area contributed by atoms with Crippen molar-refractivity contribution in [3.05, 3.63) is 117 Å². The van der Waals surface area contributed by atoms with Gasteiger partial charge in [0.1, 0.15) is 47.6 Å². The van der Waals surface area contributed by atoms with Gasteiger partial charge in [-0.1, -0.05) is 42.3 Å². The van der Waals surface area contributed by atoms with Crippen LogP contribution in [0, 0.1) is 17.8 Å². The molecule has 9 rings (SSSR count). The summed E-state index contributed by atoms with van der Waals surface area (Å²) in [6.07, 6.45) is 4.23. The second-order valence-electron chi connectivity index (χ2n) is 19.1. The summed E-state index contributed by atoms with van der Waals surface area (Å²) >= 11 is 0. The summed E-state index contributed by atoms with van der Waals surface area (Å²) in [7, 11) is 7.23. The molecule has 2 aliphatic carbocycles. The van der Waals surface area contributed by atoms with E-state index in [0.717, 1.165) is 94.6 Å². The van der Waals surface area contributed by atoms with E-state index >= 15 is 0 Å². The molecule has 13 heteroatoms. The molecule has 0 saturated heterocycles. The van der Waals surface area contributed by atoms with E-state index in [-0.39, 0.29) is 48.4 Å². The van der Waals surface area contributed by atoms with Crippen LogP contribution in [0.5, 0.6) is 28.7 Å². The topological polar surface area (TPSA) is 181 Å². The van der Waals surface area contributed by atoms with Crippen LogP contribution >= 0.6 is 0 Å². The van der Waals surface area contributed by atoms with Crippen molar-refractivity contribution in [3.63, 3.8) is 0 Å². The van der Waals surface area contributed by atoms with E-state index in [0.29, 0.717) is 54.6 Å². The van der Waals surface area contributed by atoms with Gasteiger partial charge in [-0.15, -0.1) is 0 Å². The number of methoxy groups -OCH3 is 1. The molecular formula is C56H66N6O7. The Morgan fingerprint density at radius 3 is 2.54 bits per heavy atom. The van der Waals surface area contributed by atoms with E-state index < -0.39 is 17.4 Å². The molecule has 4 aliphatic rings. The second-order valence-corrected chi connectivity index (χ2v) is 19.1. The quantitative estimate of drug-likeness (QED) is 0.0377. The minimum absolute atomic E-state index is 0.0216. The summed E-state index contributed by atoms with van der Waals surface area (Å²) in [5.74, 6) is 8.78. The molecule has 0 amide bonds. The van der Waals surface area contributed by atoms with Crippen molar-refractivity contribution < 1.29 is 34.0 Å². The van der Waals surface area contributed by atoms with Crippen molar-refractivity contribution >= 4 is 17.5 Å². The molecule has 4 bridgehead atoms. The lowest BCUT2D eigenvalue weighted by Gasteiger charge is -2.39. The molecule has 0 radical (unpaired) electrons. The Labute approximate surface area is 405 Å². The van der Waals surface area contributed by atoms with Crippen LogP contribution in [0.2, 0.25) is 0 Å². The molecule has 1 fully saturated rings. The van der Waals surface area contributed by atoms with Crippen LogP contribution < -0.4 is 41.2 Å². The number of hydrogen-bond acceptors (Lipinski definition) is 13. The van der Waals surface area contributed by atoms with Gasteiger partial charge < -0.3 is 56.2 Å². The number of pyridine rings is 1. The van der Waals surface area contributed by atoms with E-state index in [9.17, 15) is 15.0 Å². The Balaban J connectivity index is 1.31. The number of benzene rings is 4. The number of anilines is 2. The van der Waals surface area contributed by atoms with Gasteiger partial charge in [0.15, 0.2) is 11.5 Å². The van der Waals surface area contributed by atoms with Crippen LogP contribution in [0.4, 0.5) is 11.5 Å². The maximum absolute atomic E-state index is 12.7. The van der Waals surface area contributed by atoms with Crippen LogP contribution in [0.25, 0.3) is 11.1 Å². The number of aryl methyl sites for hydroxylation is 1. The number of hydrogen-bond donors (Lipinski definition) is 7. The third kappa shape index (κ3) is 9.13. The number of phenolic OH excluding ortho intramolecular Hbond substituents is 2. The van der Waals surface area contributed by atoms with Gasteiger partial charge in [0.25, 0.3) is 0 Å². The SMILES string of the molecule is CCNc1ccccc1CCC1c2ccc(N)nc2C#CCc2c(cc(OC(CNC)CNC)c(O)c2CNC)C2Oc3c(ccc4c3C3(CCC1C3)Cc1cc(O)cc(OC)c1-4)C2COC(C)=O. The molecule has 4 aromatic carbocycles. The predicted octanol–water partition coefficient (Wildman–Crippen LogP) is 7.79. The van der Waals surface area contributed by atoms with Gasteiger partial charge in [-0.3, -0.25) is 4.79 Å². The number of nitrogens with two attached hydrogens (primary N) is 1. The van der Waals surface area contributed by atoms with E-state index in [1.54, 1.807) is 13.2 Å². The van der Waals surface area contributed by atoms with Gasteiger partial charge in [0.2, 0.25) is 0 Å². The minimum Gasteiger partial charge on any atom is -0.508 e. The third-order valence-electron chi connectivity index (χ3n) is 14.9. The van der Waals surface area contributed by atoms with E-state index in [1.807, 2.05) is 39.3 Å². The lowest BCUT2D eigenvalue weighted by Crippen LogP contribution is -2.37. The number of rotatable bonds is 16. The summed E-state index contributed by atoms with van der Waals surface area (Å²) in [6.45, 7) is 5.81. The number of aromatic nitrogens is 1. The first-order valence-corrected chi connectivity index (χ1v) is 24.4. The standard InChI is InChI=1S/C56H66N6O7/c1-7-61-46-13-9-8-11-33(46)15-16-38-34-21-22-56(26-34)27-35-23-36(64)24-48(66-6)51(35)42-18-17-41-45(31-67-32(2)63)54(69-55(41)52(42)56)43-25-49(68-37(28-58-3)29-59-4)53(65)44(30-60-5)39(43)12-10-14-47-40(38)19-20-50(57)62-47/h8-9,11,13,17-20,23-25,34,37-38,45,54,58-61,64-65H,7,12,15-16,21-22,26-31H2,1-6H3,(H2,57,62). The Hall–Kier alpha value is -6.46. The molecule has 8 N–H and O–H groups in total. The van der Waals surface area contributed by atoms with Crippen LogP contribution in [0.1, 0.15) is 108 Å². The molecule has 1 aromatic heterocycles. The smallest absolute Gasteiger partial charge is 0.302 e. The summed E-state index contributed by atoms with van der Waals surface area (Å²) in [6, 6.07) is 22.4. The largest absolute Gasteiger partial charge is 0.508 e. The van der Waals surface area contributed by atoms with E-state index in [1.165, 1.54) is 12.5 Å². The number of carbonyl (C=O) groups excluding carboxylic acids is 1. The molecule has 5 unspecified atom stereocenters. The molecule has 1 saturated carbocycles. The molecule has 3 heterocycles. The number of aromatic hydroxyl groups is 2. The highest BCUT2D eigenvalue weighted by Crippen LogP contribution is 2.64. The van der Waals surface area contributed by atoms with Gasteiger partial charge in [0.05, 0.1) is 13.0 Å². The van der Waals surface area contributed by atoms with Crippen LogP contribution in [0.3, 0.4) is 0 Å². The molecule has 362 valence electrons. The molecular weight excluding hydrogens is 869 g/mol. The number of carbonyl (C=O) groups is 1. The number of nitrogens with one attached hydrogen (secondary N) is 4. The van der Waals surface area contributed by atoms with Crippen LogP contribution in [-0.2, 0) is 40.8 Å². The first-order valence-electron chi connectivity index (χ1n) is 24.4. The maximum Gasteiger partial charge on any atom is 0.302 e. The fourth-order valence-electron chi connectivity index (χ4n) is 12.0. The molecule has 69 heavy (non-hydrogen) atoms. The third-order valence-corrected chi connectivity index (χ3v) is 14.9. The predicted molar refractivity (Wildman–Crippen MR) is 270 cm³/mol. The zero-order chi connectivity index (χ0) is 48.4. The molecule has 5 atom stereocenters. The van der Waals surface area contributed by atoms with Gasteiger partial charge in [-0.25, -0.2) is 4.98 Å². The Morgan fingerprint density at radius 1 is 0.986 bits per heavy atom. The number of para-hydroxylation sites is 1. The second kappa shape index (κ2) is 20.2. The maximum atomic E-state index is 12.7. The van der Waals surface area contributed by atoms with Crippen molar-refractivity contribution in [2.45, 2.75) is 94.8 Å². The molecule has 2 aliphatic heterocycles. The van der Waals surface area contributed by atoms with Crippen molar-refractivity contribution in [1.29, 1.82) is 0 Å². The highest BCUT2D eigenvalue weighted by molar-refractivity contribution is 5.84. The molecule has 1 spiro atoms. The lowest BCUT2D eigenvalue weighted by molar-refractivity contribution is -0.141. The van der Waals surface area contributed by atoms with E-state index in [2.05, 4.69) is 82.5 Å². The summed E-state index contributed by atoms with van der Waals surface area (Å²) in [4.78, 5) is 17.7. The van der Waals surface area contributed by atoms with Gasteiger partial charge in [-0.2, -0.15) is 0 Å². The Bertz CT molecular complexity index is 2800. The molecule has 13 nitrogen and oxygen atoms in total. The fourth-order valence-corrected chi connectivity index (χ4v) is 12.0. The first kappa shape index (κ1) is 47.6. The first-order chi connectivity index (χ1) is 33.5. The van der Waals surface area contributed by atoms with Crippen LogP contribution in [-0.4, -0.2) is 81.8 Å². The summed E-state index contributed by atoms with van der Waals surface area (Å²) in [5, 5.41) is 36.7. The van der Waals surface area contributed by atoms with Crippen molar-refractivity contribution in [2.24, 2.45) is 5.92 Å². The van der Waals surface area contributed by atoms with Gasteiger partial charge in [0, 0.05) is 84.5 Å². The van der Waals surface area contributed by atoms with Crippen LogP contribution in [0.15, 0.2) is 66.7 Å².